The molecular formula is C39H50FN3O7. The molecule has 2 fully saturated rings. The Balaban J connectivity index is 1.15. The number of aliphatic hydroxyl groups excluding tert-OH is 1. The van der Waals surface area contributed by atoms with Crippen molar-refractivity contribution < 1.29 is 38.0 Å². The Morgan fingerprint density at radius 3 is 2.60 bits per heavy atom. The van der Waals surface area contributed by atoms with E-state index in [1.165, 1.54) is 11.0 Å². The van der Waals surface area contributed by atoms with Crippen molar-refractivity contribution in [3.8, 4) is 11.5 Å². The third-order valence-electron chi connectivity index (χ3n) is 9.38. The third kappa shape index (κ3) is 8.99. The SMILES string of the molecule is COCCCN1CCOc2ccc(CO[C@H]3CN(C(=O)OC(C)(C)C)C[C@@H](O)[C@@H]3c3ccc(O[C@H]4CCN(c5cccc(F)c5)C4)cc3)cc21. The van der Waals surface area contributed by atoms with Gasteiger partial charge in [-0.3, -0.25) is 0 Å². The van der Waals surface area contributed by atoms with Gasteiger partial charge < -0.3 is 43.5 Å². The van der Waals surface area contributed by atoms with Crippen LogP contribution >= 0.6 is 0 Å². The fraction of sp³-hybridized carbons (Fsp3) is 0.513. The number of hydrogen-bond donors (Lipinski definition) is 1. The van der Waals surface area contributed by atoms with Crippen molar-refractivity contribution in [3.63, 3.8) is 0 Å². The van der Waals surface area contributed by atoms with Crippen LogP contribution in [0.2, 0.25) is 0 Å². The van der Waals surface area contributed by atoms with Crippen molar-refractivity contribution in [3.05, 3.63) is 83.7 Å². The highest BCUT2D eigenvalue weighted by Crippen LogP contribution is 2.36. The lowest BCUT2D eigenvalue weighted by Crippen LogP contribution is -2.54. The van der Waals surface area contributed by atoms with E-state index in [0.29, 0.717) is 26.4 Å². The first-order chi connectivity index (χ1) is 24.1. The minimum Gasteiger partial charge on any atom is -0.490 e. The number of hydrogen-bond acceptors (Lipinski definition) is 9. The van der Waals surface area contributed by atoms with Gasteiger partial charge in [-0.15, -0.1) is 0 Å². The number of fused-ring (bicyclic) bond motifs is 1. The van der Waals surface area contributed by atoms with Crippen LogP contribution in [0.3, 0.4) is 0 Å². The number of nitrogens with zero attached hydrogens (tertiary/aromatic N) is 3. The van der Waals surface area contributed by atoms with Gasteiger partial charge in [0.15, 0.2) is 0 Å². The summed E-state index contributed by atoms with van der Waals surface area (Å²) in [5, 5.41) is 11.5. The van der Waals surface area contributed by atoms with E-state index in [4.69, 9.17) is 23.7 Å². The summed E-state index contributed by atoms with van der Waals surface area (Å²) in [6.07, 6.45) is -0.143. The fourth-order valence-electron chi connectivity index (χ4n) is 7.00. The maximum atomic E-state index is 13.8. The van der Waals surface area contributed by atoms with E-state index in [2.05, 4.69) is 15.9 Å². The van der Waals surface area contributed by atoms with Gasteiger partial charge in [-0.05, 0) is 80.8 Å². The number of ether oxygens (including phenoxy) is 5. The number of rotatable bonds is 11. The van der Waals surface area contributed by atoms with E-state index in [9.17, 15) is 14.3 Å². The van der Waals surface area contributed by atoms with Gasteiger partial charge in [-0.1, -0.05) is 24.3 Å². The molecule has 0 unspecified atom stereocenters. The number of anilines is 2. The first kappa shape index (κ1) is 35.8. The molecule has 3 aliphatic heterocycles. The zero-order chi connectivity index (χ0) is 35.3. The van der Waals surface area contributed by atoms with Crippen LogP contribution in [0.4, 0.5) is 20.6 Å². The molecule has 3 aliphatic rings. The van der Waals surface area contributed by atoms with Gasteiger partial charge in [0.2, 0.25) is 0 Å². The van der Waals surface area contributed by atoms with Crippen molar-refractivity contribution in [1.82, 2.24) is 4.90 Å². The number of carbonyl (C=O) groups is 1. The quantitative estimate of drug-likeness (QED) is 0.243. The molecule has 4 atom stereocenters. The van der Waals surface area contributed by atoms with Crippen LogP contribution in [-0.4, -0.2) is 99.6 Å². The molecule has 1 amide bonds. The molecular weight excluding hydrogens is 641 g/mol. The van der Waals surface area contributed by atoms with Crippen LogP contribution in [0.1, 0.15) is 50.7 Å². The number of likely N-dealkylation sites (tertiary alicyclic amines) is 1. The van der Waals surface area contributed by atoms with Crippen LogP contribution < -0.4 is 19.3 Å². The van der Waals surface area contributed by atoms with Gasteiger partial charge in [-0.25, -0.2) is 9.18 Å². The second-order valence-corrected chi connectivity index (χ2v) is 14.3. The number of amides is 1. The van der Waals surface area contributed by atoms with Crippen molar-refractivity contribution in [2.45, 2.75) is 70.1 Å². The molecule has 0 aromatic heterocycles. The van der Waals surface area contributed by atoms with E-state index in [0.717, 1.165) is 66.5 Å². The summed E-state index contributed by atoms with van der Waals surface area (Å²) >= 11 is 0. The summed E-state index contributed by atoms with van der Waals surface area (Å²) in [5.41, 5.74) is 3.09. The van der Waals surface area contributed by atoms with Gasteiger partial charge in [0.1, 0.15) is 35.6 Å². The molecule has 10 nitrogen and oxygen atoms in total. The standard InChI is InChI=1S/C39H50FN3O7/c1-39(2,3)50-38(45)43-24-34(44)37(28-10-12-31(13-11-28)49-32-15-17-42(23-32)30-8-5-7-29(40)22-30)36(25-43)48-26-27-9-14-35-33(21-27)41(18-20-47-35)16-6-19-46-4/h5,7-14,21-22,32,34,36-37,44H,6,15-20,23-26H2,1-4H3/t32-,34+,36-,37-/m0/s1. The summed E-state index contributed by atoms with van der Waals surface area (Å²) in [6.45, 7) is 10.6. The van der Waals surface area contributed by atoms with Gasteiger partial charge in [0, 0.05) is 44.8 Å². The third-order valence-corrected chi connectivity index (χ3v) is 9.38. The van der Waals surface area contributed by atoms with Crippen LogP contribution in [0.15, 0.2) is 66.7 Å². The number of methoxy groups -OCH3 is 1. The summed E-state index contributed by atoms with van der Waals surface area (Å²) < 4.78 is 43.5. The summed E-state index contributed by atoms with van der Waals surface area (Å²) in [6, 6.07) is 20.5. The molecule has 3 aromatic carbocycles. The second kappa shape index (κ2) is 15.9. The molecule has 0 saturated carbocycles. The van der Waals surface area contributed by atoms with Crippen LogP contribution in [0.5, 0.6) is 11.5 Å². The predicted molar refractivity (Wildman–Crippen MR) is 190 cm³/mol. The molecule has 0 spiro atoms. The maximum Gasteiger partial charge on any atom is 0.410 e. The first-order valence-electron chi connectivity index (χ1n) is 17.6. The molecule has 50 heavy (non-hydrogen) atoms. The zero-order valence-electron chi connectivity index (χ0n) is 29.6. The van der Waals surface area contributed by atoms with Crippen molar-refractivity contribution in [2.24, 2.45) is 0 Å². The number of benzene rings is 3. The Labute approximate surface area is 294 Å². The fourth-order valence-corrected chi connectivity index (χ4v) is 7.00. The first-order valence-corrected chi connectivity index (χ1v) is 17.6. The Kier molecular flexibility index (Phi) is 11.3. The Morgan fingerprint density at radius 1 is 1.02 bits per heavy atom. The number of β-amino-alcohol motifs (C(OH)–C–C–N with tert-alkyl or cyclic N) is 1. The van der Waals surface area contributed by atoms with Gasteiger partial charge >= 0.3 is 6.09 Å². The highest BCUT2D eigenvalue weighted by Gasteiger charge is 2.41. The van der Waals surface area contributed by atoms with Crippen molar-refractivity contribution in [2.75, 3.05) is 69.4 Å². The van der Waals surface area contributed by atoms with E-state index >= 15 is 0 Å². The Hall–Kier alpha value is -4.06. The average Bonchev–Trinajstić information content (AvgIpc) is 3.55. The molecule has 1 N–H and O–H groups in total. The lowest BCUT2D eigenvalue weighted by atomic mass is 9.84. The Morgan fingerprint density at radius 2 is 1.84 bits per heavy atom. The van der Waals surface area contributed by atoms with Gasteiger partial charge in [-0.2, -0.15) is 0 Å². The molecule has 11 heteroatoms. The molecule has 270 valence electrons. The minimum atomic E-state index is -0.879. The normalized spacial score (nSPS) is 22.2. The molecule has 3 aromatic rings. The molecule has 0 radical (unpaired) electrons. The second-order valence-electron chi connectivity index (χ2n) is 14.3. The molecule has 6 rings (SSSR count). The molecule has 0 bridgehead atoms. The van der Waals surface area contributed by atoms with E-state index < -0.39 is 23.9 Å². The monoisotopic (exact) mass is 691 g/mol. The van der Waals surface area contributed by atoms with Crippen molar-refractivity contribution >= 4 is 17.5 Å². The number of aliphatic hydroxyl groups is 1. The van der Waals surface area contributed by atoms with Gasteiger partial charge in [0.25, 0.3) is 0 Å². The minimum absolute atomic E-state index is 0.0271. The van der Waals surface area contributed by atoms with Crippen LogP contribution in [0, 0.1) is 5.82 Å². The summed E-state index contributed by atoms with van der Waals surface area (Å²) in [5.74, 6) is 0.941. The highest BCUT2D eigenvalue weighted by molar-refractivity contribution is 5.68. The summed E-state index contributed by atoms with van der Waals surface area (Å²) in [4.78, 5) is 19.1. The molecule has 2 saturated heterocycles. The van der Waals surface area contributed by atoms with Gasteiger partial charge in [0.05, 0.1) is 50.7 Å². The lowest BCUT2D eigenvalue weighted by Gasteiger charge is -2.42. The smallest absolute Gasteiger partial charge is 0.410 e. The lowest BCUT2D eigenvalue weighted by molar-refractivity contribution is -0.0756. The van der Waals surface area contributed by atoms with Crippen LogP contribution in [0.25, 0.3) is 0 Å². The zero-order valence-corrected chi connectivity index (χ0v) is 29.6. The maximum absolute atomic E-state index is 13.8. The number of piperidine rings is 1. The molecule has 0 aliphatic carbocycles. The summed E-state index contributed by atoms with van der Waals surface area (Å²) in [7, 11) is 1.71. The van der Waals surface area contributed by atoms with Crippen molar-refractivity contribution in [1.29, 1.82) is 0 Å². The predicted octanol–water partition coefficient (Wildman–Crippen LogP) is 6.00. The molecule has 3 heterocycles. The average molecular weight is 692 g/mol. The topological polar surface area (TPSA) is 93.2 Å². The highest BCUT2D eigenvalue weighted by atomic mass is 19.1. The number of halogens is 1. The van der Waals surface area contributed by atoms with E-state index in [1.54, 1.807) is 19.2 Å². The van der Waals surface area contributed by atoms with Crippen LogP contribution in [-0.2, 0) is 20.8 Å². The van der Waals surface area contributed by atoms with E-state index in [1.807, 2.05) is 63.2 Å². The number of carbonyl (C=O) groups excluding carboxylic acids is 1. The Bertz CT molecular complexity index is 1580. The largest absolute Gasteiger partial charge is 0.490 e. The van der Waals surface area contributed by atoms with E-state index in [-0.39, 0.29) is 30.9 Å².